The Labute approximate surface area is 80.5 Å². The van der Waals surface area contributed by atoms with Crippen molar-refractivity contribution in [2.75, 3.05) is 5.75 Å². The summed E-state index contributed by atoms with van der Waals surface area (Å²) in [5.41, 5.74) is 0.426. The van der Waals surface area contributed by atoms with Crippen LogP contribution in [0.4, 0.5) is 0 Å². The molecule has 1 unspecified atom stereocenters. The van der Waals surface area contributed by atoms with Gasteiger partial charge in [-0.1, -0.05) is 18.7 Å². The minimum Gasteiger partial charge on any atom is -0.611 e. The van der Waals surface area contributed by atoms with Crippen LogP contribution in [-0.4, -0.2) is 16.6 Å². The van der Waals surface area contributed by atoms with Gasteiger partial charge in [0.05, 0.1) is 0 Å². The van der Waals surface area contributed by atoms with E-state index in [2.05, 4.69) is 6.58 Å². The zero-order valence-corrected chi connectivity index (χ0v) is 7.84. The summed E-state index contributed by atoms with van der Waals surface area (Å²) in [5.74, 6) is 0.405. The van der Waals surface area contributed by atoms with E-state index in [9.17, 15) is 9.35 Å². The lowest BCUT2D eigenvalue weighted by Crippen LogP contribution is -2.04. The predicted molar refractivity (Wildman–Crippen MR) is 52.7 cm³/mol. The third kappa shape index (κ3) is 2.72. The fraction of sp³-hybridized carbons (Fsp3) is 0.100. The lowest BCUT2D eigenvalue weighted by Gasteiger charge is -2.07. The molecule has 1 aromatic carbocycles. The molecule has 0 saturated carbocycles. The molecule has 3 heteroatoms. The van der Waals surface area contributed by atoms with Crippen LogP contribution in [0.1, 0.15) is 5.56 Å². The molecule has 0 bridgehead atoms. The van der Waals surface area contributed by atoms with Crippen molar-refractivity contribution in [2.24, 2.45) is 0 Å². The van der Waals surface area contributed by atoms with E-state index in [-0.39, 0.29) is 0 Å². The molecule has 0 aliphatic carbocycles. The second-order valence-corrected chi connectivity index (χ2v) is 3.93. The Hall–Kier alpha value is -1.06. The van der Waals surface area contributed by atoms with Gasteiger partial charge in [0.1, 0.15) is 5.75 Å². The normalized spacial score (nSPS) is 12.1. The van der Waals surface area contributed by atoms with Crippen LogP contribution >= 0.6 is 0 Å². The first-order chi connectivity index (χ1) is 6.27. The SMILES string of the molecule is C=CC[S+]([O-])c1cccc([C]=O)c1. The second-order valence-electron chi connectivity index (χ2n) is 2.43. The first-order valence-corrected chi connectivity index (χ1v) is 5.07. The van der Waals surface area contributed by atoms with Crippen molar-refractivity contribution in [3.8, 4) is 0 Å². The van der Waals surface area contributed by atoms with E-state index >= 15 is 0 Å². The first-order valence-electron chi connectivity index (χ1n) is 3.75. The Morgan fingerprint density at radius 1 is 1.62 bits per heavy atom. The van der Waals surface area contributed by atoms with Gasteiger partial charge in [0.15, 0.2) is 4.90 Å². The summed E-state index contributed by atoms with van der Waals surface area (Å²) in [5, 5.41) is 0. The fourth-order valence-corrected chi connectivity index (χ4v) is 1.80. The van der Waals surface area contributed by atoms with E-state index in [1.807, 2.05) is 0 Å². The quantitative estimate of drug-likeness (QED) is 0.536. The highest BCUT2D eigenvalue weighted by Crippen LogP contribution is 2.12. The topological polar surface area (TPSA) is 40.1 Å². The minimum absolute atomic E-state index is 0.405. The smallest absolute Gasteiger partial charge is 0.233 e. The van der Waals surface area contributed by atoms with Crippen molar-refractivity contribution in [3.63, 3.8) is 0 Å². The molecule has 0 amide bonds. The van der Waals surface area contributed by atoms with Crippen molar-refractivity contribution in [3.05, 3.63) is 42.5 Å². The van der Waals surface area contributed by atoms with Crippen molar-refractivity contribution in [1.29, 1.82) is 0 Å². The average molecular weight is 193 g/mol. The van der Waals surface area contributed by atoms with Gasteiger partial charge in [0.2, 0.25) is 6.29 Å². The van der Waals surface area contributed by atoms with Crippen LogP contribution in [0.5, 0.6) is 0 Å². The molecule has 67 valence electrons. The van der Waals surface area contributed by atoms with Gasteiger partial charge in [-0.05, 0) is 23.3 Å². The van der Waals surface area contributed by atoms with Crippen LogP contribution in [0.2, 0.25) is 0 Å². The van der Waals surface area contributed by atoms with Crippen LogP contribution in [0.15, 0.2) is 41.8 Å². The van der Waals surface area contributed by atoms with Crippen molar-refractivity contribution < 1.29 is 9.35 Å². The molecule has 0 aromatic heterocycles. The van der Waals surface area contributed by atoms with E-state index < -0.39 is 11.2 Å². The third-order valence-corrected chi connectivity index (χ3v) is 2.80. The predicted octanol–water partition coefficient (Wildman–Crippen LogP) is 1.44. The minimum atomic E-state index is -1.09. The van der Waals surface area contributed by atoms with Gasteiger partial charge in [0, 0.05) is 11.6 Å². The van der Waals surface area contributed by atoms with E-state index in [1.165, 1.54) is 0 Å². The molecule has 0 heterocycles. The molecule has 13 heavy (non-hydrogen) atoms. The lowest BCUT2D eigenvalue weighted by molar-refractivity contribution is 0.562. The largest absolute Gasteiger partial charge is 0.611 e. The zero-order valence-electron chi connectivity index (χ0n) is 7.03. The van der Waals surface area contributed by atoms with Crippen molar-refractivity contribution in [2.45, 2.75) is 4.90 Å². The molecule has 1 rings (SSSR count). The number of carbonyl (C=O) groups excluding carboxylic acids is 1. The van der Waals surface area contributed by atoms with Crippen LogP contribution < -0.4 is 0 Å². The van der Waals surface area contributed by atoms with Gasteiger partial charge in [-0.15, -0.1) is 0 Å². The molecule has 0 aliphatic heterocycles. The van der Waals surface area contributed by atoms with E-state index in [4.69, 9.17) is 0 Å². The Morgan fingerprint density at radius 3 is 3.00 bits per heavy atom. The van der Waals surface area contributed by atoms with E-state index in [0.717, 1.165) is 0 Å². The van der Waals surface area contributed by atoms with Gasteiger partial charge in [-0.2, -0.15) is 0 Å². The molecular weight excluding hydrogens is 184 g/mol. The number of hydrogen-bond donors (Lipinski definition) is 0. The van der Waals surface area contributed by atoms with Crippen molar-refractivity contribution >= 4 is 17.5 Å². The highest BCUT2D eigenvalue weighted by atomic mass is 32.2. The molecule has 1 aromatic rings. The molecule has 0 N–H and O–H groups in total. The Bertz CT molecular complexity index is 310. The van der Waals surface area contributed by atoms with Crippen LogP contribution in [0.25, 0.3) is 0 Å². The number of hydrogen-bond acceptors (Lipinski definition) is 2. The first kappa shape index (κ1) is 10.0. The molecule has 0 saturated heterocycles. The third-order valence-electron chi connectivity index (χ3n) is 1.48. The van der Waals surface area contributed by atoms with Gasteiger partial charge in [-0.25, -0.2) is 0 Å². The Balaban J connectivity index is 2.87. The van der Waals surface area contributed by atoms with Gasteiger partial charge in [-0.3, -0.25) is 4.79 Å². The second kappa shape index (κ2) is 4.84. The highest BCUT2D eigenvalue weighted by Gasteiger charge is 2.08. The van der Waals surface area contributed by atoms with Crippen molar-refractivity contribution in [1.82, 2.24) is 0 Å². The van der Waals surface area contributed by atoms with Crippen LogP contribution in [0.3, 0.4) is 0 Å². The van der Waals surface area contributed by atoms with Crippen LogP contribution in [-0.2, 0) is 16.0 Å². The molecular formula is C10H9O2S. The molecule has 1 atom stereocenters. The maximum Gasteiger partial charge on any atom is 0.233 e. The molecule has 0 spiro atoms. The molecule has 1 radical (unpaired) electrons. The summed E-state index contributed by atoms with van der Waals surface area (Å²) < 4.78 is 11.4. The van der Waals surface area contributed by atoms with E-state index in [0.29, 0.717) is 16.2 Å². The molecule has 0 aliphatic rings. The Kier molecular flexibility index (Phi) is 3.73. The van der Waals surface area contributed by atoms with Gasteiger partial charge >= 0.3 is 0 Å². The maximum absolute atomic E-state index is 11.4. The number of benzene rings is 1. The summed E-state index contributed by atoms with van der Waals surface area (Å²) in [4.78, 5) is 10.9. The monoisotopic (exact) mass is 193 g/mol. The summed E-state index contributed by atoms with van der Waals surface area (Å²) >= 11 is -1.09. The molecule has 0 fully saturated rings. The number of rotatable bonds is 4. The summed E-state index contributed by atoms with van der Waals surface area (Å²) in [6, 6.07) is 6.62. The lowest BCUT2D eigenvalue weighted by atomic mass is 10.2. The molecule has 2 nitrogen and oxygen atoms in total. The van der Waals surface area contributed by atoms with Crippen LogP contribution in [0, 0.1) is 0 Å². The fourth-order valence-electron chi connectivity index (χ4n) is 0.904. The standard InChI is InChI=1S/C10H9O2S/c1-2-6-13(12)10-5-3-4-9(7-10)8-11/h2-5,7H,1,6H2. The Morgan fingerprint density at radius 2 is 2.38 bits per heavy atom. The summed E-state index contributed by atoms with van der Waals surface area (Å²) in [6.45, 7) is 3.50. The summed E-state index contributed by atoms with van der Waals surface area (Å²) in [6.07, 6.45) is 3.34. The summed E-state index contributed by atoms with van der Waals surface area (Å²) in [7, 11) is 0. The van der Waals surface area contributed by atoms with Gasteiger partial charge in [0.25, 0.3) is 0 Å². The zero-order chi connectivity index (χ0) is 9.68. The van der Waals surface area contributed by atoms with Gasteiger partial charge < -0.3 is 4.55 Å². The maximum atomic E-state index is 11.4. The average Bonchev–Trinajstić information content (AvgIpc) is 2.18. The van der Waals surface area contributed by atoms with E-state index in [1.54, 1.807) is 36.6 Å². The highest BCUT2D eigenvalue weighted by molar-refractivity contribution is 7.91.